The van der Waals surface area contributed by atoms with Crippen LogP contribution in [-0.2, 0) is 17.9 Å². The Hall–Kier alpha value is -0.990. The van der Waals surface area contributed by atoms with Crippen molar-refractivity contribution in [3.63, 3.8) is 0 Å². The highest BCUT2D eigenvalue weighted by Crippen LogP contribution is 2.38. The van der Waals surface area contributed by atoms with Crippen LogP contribution in [0.15, 0.2) is 0 Å². The van der Waals surface area contributed by atoms with Crippen LogP contribution in [0.4, 0.5) is 0 Å². The van der Waals surface area contributed by atoms with Crippen LogP contribution in [0, 0.1) is 0 Å². The summed E-state index contributed by atoms with van der Waals surface area (Å²) in [5, 5.41) is 14.4. The normalized spacial score (nSPS) is 13.3. The molecule has 0 aliphatic carbocycles. The lowest BCUT2D eigenvalue weighted by molar-refractivity contribution is 0.401. The summed E-state index contributed by atoms with van der Waals surface area (Å²) < 4.78 is 1.56. The molecule has 1 rings (SSSR count). The first-order chi connectivity index (χ1) is 6.55. The van der Waals surface area contributed by atoms with Crippen LogP contribution in [0.5, 0.6) is 5.88 Å². The minimum atomic E-state index is -0.0824. The van der Waals surface area contributed by atoms with E-state index >= 15 is 0 Å². The predicted molar refractivity (Wildman–Crippen MR) is 62.3 cm³/mol. The van der Waals surface area contributed by atoms with E-state index in [0.717, 1.165) is 11.3 Å². The Bertz CT molecular complexity index is 364. The van der Waals surface area contributed by atoms with Crippen molar-refractivity contribution >= 4 is 0 Å². The van der Waals surface area contributed by atoms with Gasteiger partial charge in [-0.2, -0.15) is 5.10 Å². The lowest BCUT2D eigenvalue weighted by Gasteiger charge is -2.24. The molecule has 0 atom stereocenters. The highest BCUT2D eigenvalue weighted by Gasteiger charge is 2.32. The molecule has 0 saturated carbocycles. The Morgan fingerprint density at radius 3 is 1.73 bits per heavy atom. The first kappa shape index (κ1) is 12.1. The van der Waals surface area contributed by atoms with E-state index in [9.17, 15) is 5.11 Å². The van der Waals surface area contributed by atoms with Gasteiger partial charge in [-0.15, -0.1) is 0 Å². The second kappa shape index (κ2) is 3.26. The average Bonchev–Trinajstić information content (AvgIpc) is 2.25. The summed E-state index contributed by atoms with van der Waals surface area (Å²) in [4.78, 5) is 0. The summed E-state index contributed by atoms with van der Waals surface area (Å²) in [5.41, 5.74) is 1.81. The minimum Gasteiger partial charge on any atom is -0.493 e. The Labute approximate surface area is 92.1 Å². The summed E-state index contributed by atoms with van der Waals surface area (Å²) in [7, 11) is 1.78. The van der Waals surface area contributed by atoms with E-state index in [0.29, 0.717) is 0 Å². The molecule has 0 unspecified atom stereocenters. The number of nitrogens with zero attached hydrogens (tertiary/aromatic N) is 2. The maximum atomic E-state index is 10.0. The zero-order chi connectivity index (χ0) is 12.0. The standard InChI is InChI=1S/C12H22N2O/c1-11(2,3)8-9(12(4,5)6)13-14(7)10(8)15/h15H,1-7H3. The van der Waals surface area contributed by atoms with Gasteiger partial charge in [0.15, 0.2) is 0 Å². The van der Waals surface area contributed by atoms with E-state index in [1.54, 1.807) is 11.7 Å². The highest BCUT2D eigenvalue weighted by molar-refractivity contribution is 5.40. The number of hydrogen-bond donors (Lipinski definition) is 1. The van der Waals surface area contributed by atoms with Crippen LogP contribution >= 0.6 is 0 Å². The Balaban J connectivity index is 3.48. The number of aryl methyl sites for hydroxylation is 1. The topological polar surface area (TPSA) is 38.0 Å². The molecule has 1 heterocycles. The fourth-order valence-electron chi connectivity index (χ4n) is 1.73. The highest BCUT2D eigenvalue weighted by atomic mass is 16.3. The van der Waals surface area contributed by atoms with Crippen molar-refractivity contribution in [1.29, 1.82) is 0 Å². The van der Waals surface area contributed by atoms with E-state index in [2.05, 4.69) is 46.6 Å². The molecular weight excluding hydrogens is 188 g/mol. The van der Waals surface area contributed by atoms with Crippen molar-refractivity contribution in [2.45, 2.75) is 52.4 Å². The molecule has 1 N–H and O–H groups in total. The number of hydrogen-bond acceptors (Lipinski definition) is 2. The molecule has 1 aromatic heterocycles. The number of aromatic hydroxyl groups is 1. The third-order valence-electron chi connectivity index (χ3n) is 2.48. The van der Waals surface area contributed by atoms with Crippen molar-refractivity contribution < 1.29 is 5.11 Å². The van der Waals surface area contributed by atoms with E-state index in [1.807, 2.05) is 0 Å². The lowest BCUT2D eigenvalue weighted by atomic mass is 9.79. The molecule has 0 spiro atoms. The molecule has 0 amide bonds. The minimum absolute atomic E-state index is 0.0403. The SMILES string of the molecule is Cn1nc(C(C)(C)C)c(C(C)(C)C)c1O. The Morgan fingerprint density at radius 1 is 1.00 bits per heavy atom. The second-order valence-electron chi connectivity index (χ2n) is 6.17. The molecule has 0 aliphatic rings. The van der Waals surface area contributed by atoms with E-state index < -0.39 is 0 Å². The van der Waals surface area contributed by atoms with E-state index in [-0.39, 0.29) is 16.7 Å². The summed E-state index contributed by atoms with van der Waals surface area (Å²) in [5.74, 6) is 0.285. The largest absolute Gasteiger partial charge is 0.493 e. The van der Waals surface area contributed by atoms with Crippen LogP contribution in [0.3, 0.4) is 0 Å². The summed E-state index contributed by atoms with van der Waals surface area (Å²) in [6.07, 6.45) is 0. The van der Waals surface area contributed by atoms with Gasteiger partial charge >= 0.3 is 0 Å². The van der Waals surface area contributed by atoms with E-state index in [4.69, 9.17) is 0 Å². The lowest BCUT2D eigenvalue weighted by Crippen LogP contribution is -2.21. The van der Waals surface area contributed by atoms with Gasteiger partial charge in [0.25, 0.3) is 0 Å². The quantitative estimate of drug-likeness (QED) is 0.715. The molecular formula is C12H22N2O. The van der Waals surface area contributed by atoms with Crippen LogP contribution < -0.4 is 0 Å². The third-order valence-corrected chi connectivity index (χ3v) is 2.48. The summed E-state index contributed by atoms with van der Waals surface area (Å²) in [6, 6.07) is 0. The van der Waals surface area contributed by atoms with Crippen molar-refractivity contribution in [3.8, 4) is 5.88 Å². The molecule has 0 aromatic carbocycles. The van der Waals surface area contributed by atoms with Gasteiger partial charge in [-0.25, -0.2) is 4.68 Å². The molecule has 1 aromatic rings. The predicted octanol–water partition coefficient (Wildman–Crippen LogP) is 2.72. The van der Waals surface area contributed by atoms with Gasteiger partial charge in [0.05, 0.1) is 5.69 Å². The van der Waals surface area contributed by atoms with Gasteiger partial charge in [-0.1, -0.05) is 41.5 Å². The maximum Gasteiger partial charge on any atom is 0.213 e. The van der Waals surface area contributed by atoms with Crippen molar-refractivity contribution in [2.75, 3.05) is 0 Å². The molecule has 86 valence electrons. The number of rotatable bonds is 0. The smallest absolute Gasteiger partial charge is 0.213 e. The average molecular weight is 210 g/mol. The van der Waals surface area contributed by atoms with Crippen molar-refractivity contribution in [3.05, 3.63) is 11.3 Å². The van der Waals surface area contributed by atoms with Gasteiger partial charge in [0, 0.05) is 18.0 Å². The number of aromatic nitrogens is 2. The molecule has 3 nitrogen and oxygen atoms in total. The molecule has 0 aliphatic heterocycles. The zero-order valence-electron chi connectivity index (χ0n) is 10.8. The first-order valence-corrected chi connectivity index (χ1v) is 5.32. The molecule has 15 heavy (non-hydrogen) atoms. The van der Waals surface area contributed by atoms with Gasteiger partial charge < -0.3 is 5.11 Å². The summed E-state index contributed by atoms with van der Waals surface area (Å²) in [6.45, 7) is 12.6. The van der Waals surface area contributed by atoms with Crippen LogP contribution in [0.25, 0.3) is 0 Å². The van der Waals surface area contributed by atoms with Crippen LogP contribution in [0.2, 0.25) is 0 Å². The van der Waals surface area contributed by atoms with Crippen molar-refractivity contribution in [2.24, 2.45) is 7.05 Å². The molecule has 0 radical (unpaired) electrons. The Morgan fingerprint density at radius 2 is 1.47 bits per heavy atom. The second-order valence-corrected chi connectivity index (χ2v) is 6.17. The fraction of sp³-hybridized carbons (Fsp3) is 0.750. The van der Waals surface area contributed by atoms with E-state index in [1.165, 1.54) is 0 Å². The monoisotopic (exact) mass is 210 g/mol. The molecule has 0 bridgehead atoms. The molecule has 0 fully saturated rings. The van der Waals surface area contributed by atoms with Crippen LogP contribution in [-0.4, -0.2) is 14.9 Å². The van der Waals surface area contributed by atoms with Gasteiger partial charge in [-0.05, 0) is 5.41 Å². The van der Waals surface area contributed by atoms with Gasteiger partial charge in [-0.3, -0.25) is 0 Å². The zero-order valence-corrected chi connectivity index (χ0v) is 10.8. The Kier molecular flexibility index (Phi) is 2.62. The third kappa shape index (κ3) is 2.16. The molecule has 0 saturated heterocycles. The fourth-order valence-corrected chi connectivity index (χ4v) is 1.73. The van der Waals surface area contributed by atoms with Gasteiger partial charge in [0.1, 0.15) is 0 Å². The van der Waals surface area contributed by atoms with Crippen LogP contribution in [0.1, 0.15) is 52.8 Å². The molecule has 3 heteroatoms. The van der Waals surface area contributed by atoms with Gasteiger partial charge in [0.2, 0.25) is 5.88 Å². The first-order valence-electron chi connectivity index (χ1n) is 5.32. The maximum absolute atomic E-state index is 10.0. The summed E-state index contributed by atoms with van der Waals surface area (Å²) >= 11 is 0. The van der Waals surface area contributed by atoms with Crippen molar-refractivity contribution in [1.82, 2.24) is 9.78 Å².